The maximum absolute atomic E-state index is 11.4. The fourth-order valence-electron chi connectivity index (χ4n) is 1.30. The molecule has 0 aromatic carbocycles. The minimum Gasteiger partial charge on any atom is -0.348 e. The van der Waals surface area contributed by atoms with E-state index in [0.29, 0.717) is 5.69 Å². The second kappa shape index (κ2) is 3.39. The zero-order chi connectivity index (χ0) is 9.26. The van der Waals surface area contributed by atoms with E-state index in [1.54, 1.807) is 0 Å². The van der Waals surface area contributed by atoms with E-state index in [0.717, 1.165) is 24.6 Å². The average Bonchev–Trinajstić information content (AvgIpc) is 2.53. The SMILES string of the molecule is NC1CC(NC(=O)c2cnsn2)C1. The number of nitrogens with zero attached hydrogens (tertiary/aromatic N) is 2. The first-order valence-corrected chi connectivity index (χ1v) is 4.83. The summed E-state index contributed by atoms with van der Waals surface area (Å²) in [6.07, 6.45) is 3.20. The third-order valence-electron chi connectivity index (χ3n) is 2.10. The summed E-state index contributed by atoms with van der Waals surface area (Å²) in [5.41, 5.74) is 5.98. The minimum atomic E-state index is -0.148. The predicted octanol–water partition coefficient (Wildman–Crippen LogP) is -0.242. The molecule has 3 N–H and O–H groups in total. The Morgan fingerprint density at radius 1 is 1.69 bits per heavy atom. The van der Waals surface area contributed by atoms with Crippen molar-refractivity contribution < 1.29 is 4.79 Å². The van der Waals surface area contributed by atoms with Gasteiger partial charge in [0.15, 0.2) is 5.69 Å². The number of aromatic nitrogens is 2. The van der Waals surface area contributed by atoms with E-state index < -0.39 is 0 Å². The first-order valence-electron chi connectivity index (χ1n) is 4.09. The Labute approximate surface area is 79.7 Å². The summed E-state index contributed by atoms with van der Waals surface area (Å²) >= 11 is 1.04. The van der Waals surface area contributed by atoms with Crippen molar-refractivity contribution >= 4 is 17.6 Å². The number of carbonyl (C=O) groups excluding carboxylic acids is 1. The van der Waals surface area contributed by atoms with Crippen LogP contribution >= 0.6 is 11.7 Å². The molecule has 70 valence electrons. The molecular weight excluding hydrogens is 188 g/mol. The number of rotatable bonds is 2. The zero-order valence-electron chi connectivity index (χ0n) is 6.93. The van der Waals surface area contributed by atoms with Crippen LogP contribution in [0.3, 0.4) is 0 Å². The number of nitrogens with two attached hydrogens (primary N) is 1. The van der Waals surface area contributed by atoms with Crippen LogP contribution in [0.4, 0.5) is 0 Å². The minimum absolute atomic E-state index is 0.148. The topological polar surface area (TPSA) is 80.9 Å². The molecule has 5 nitrogen and oxygen atoms in total. The Hall–Kier alpha value is -1.01. The summed E-state index contributed by atoms with van der Waals surface area (Å²) in [4.78, 5) is 11.4. The molecule has 1 aromatic rings. The molecule has 0 unspecified atom stereocenters. The highest BCUT2D eigenvalue weighted by molar-refractivity contribution is 6.99. The molecule has 6 heteroatoms. The lowest BCUT2D eigenvalue weighted by Gasteiger charge is -2.32. The molecule has 0 atom stereocenters. The third kappa shape index (κ3) is 1.84. The van der Waals surface area contributed by atoms with Gasteiger partial charge in [0.1, 0.15) is 0 Å². The van der Waals surface area contributed by atoms with Gasteiger partial charge in [-0.2, -0.15) is 8.75 Å². The zero-order valence-corrected chi connectivity index (χ0v) is 7.75. The van der Waals surface area contributed by atoms with Crippen LogP contribution in [-0.4, -0.2) is 26.7 Å². The van der Waals surface area contributed by atoms with Crippen LogP contribution < -0.4 is 11.1 Å². The van der Waals surface area contributed by atoms with Crippen LogP contribution in [0.15, 0.2) is 6.20 Å². The van der Waals surface area contributed by atoms with Crippen LogP contribution in [0.2, 0.25) is 0 Å². The first kappa shape index (κ1) is 8.58. The largest absolute Gasteiger partial charge is 0.348 e. The number of amides is 1. The number of hydrogen-bond acceptors (Lipinski definition) is 5. The Bertz CT molecular complexity index is 293. The second-order valence-corrected chi connectivity index (χ2v) is 3.75. The Morgan fingerprint density at radius 2 is 2.46 bits per heavy atom. The molecule has 0 saturated heterocycles. The quantitative estimate of drug-likeness (QED) is 0.687. The van der Waals surface area contributed by atoms with Gasteiger partial charge in [0.2, 0.25) is 0 Å². The Morgan fingerprint density at radius 3 is 3.00 bits per heavy atom. The van der Waals surface area contributed by atoms with Gasteiger partial charge in [0, 0.05) is 12.1 Å². The number of carbonyl (C=O) groups is 1. The summed E-state index contributed by atoms with van der Waals surface area (Å²) < 4.78 is 7.59. The molecule has 1 aliphatic rings. The van der Waals surface area contributed by atoms with Crippen molar-refractivity contribution in [1.82, 2.24) is 14.1 Å². The van der Waals surface area contributed by atoms with Gasteiger partial charge in [-0.1, -0.05) is 0 Å². The van der Waals surface area contributed by atoms with Crippen molar-refractivity contribution in [2.75, 3.05) is 0 Å². The number of hydrogen-bond donors (Lipinski definition) is 2. The smallest absolute Gasteiger partial charge is 0.272 e. The van der Waals surface area contributed by atoms with Crippen LogP contribution in [-0.2, 0) is 0 Å². The highest BCUT2D eigenvalue weighted by atomic mass is 32.1. The maximum Gasteiger partial charge on any atom is 0.272 e. The van der Waals surface area contributed by atoms with E-state index in [-0.39, 0.29) is 18.0 Å². The Balaban J connectivity index is 1.86. The van der Waals surface area contributed by atoms with Crippen molar-refractivity contribution in [3.63, 3.8) is 0 Å². The summed E-state index contributed by atoms with van der Waals surface area (Å²) in [7, 11) is 0. The molecule has 1 aromatic heterocycles. The molecule has 1 amide bonds. The van der Waals surface area contributed by atoms with Crippen LogP contribution in [0.1, 0.15) is 23.3 Å². The van der Waals surface area contributed by atoms with E-state index in [1.807, 2.05) is 0 Å². The molecule has 1 fully saturated rings. The van der Waals surface area contributed by atoms with E-state index >= 15 is 0 Å². The van der Waals surface area contributed by atoms with Crippen molar-refractivity contribution in [3.8, 4) is 0 Å². The fraction of sp³-hybridized carbons (Fsp3) is 0.571. The molecule has 0 aliphatic heterocycles. The first-order chi connectivity index (χ1) is 6.25. The molecule has 1 heterocycles. The standard InChI is InChI=1S/C7H10N4OS/c8-4-1-5(2-4)10-7(12)6-3-9-13-11-6/h3-5H,1-2,8H2,(H,10,12). The van der Waals surface area contributed by atoms with Gasteiger partial charge in [0.25, 0.3) is 5.91 Å². The van der Waals surface area contributed by atoms with Gasteiger partial charge >= 0.3 is 0 Å². The molecule has 13 heavy (non-hydrogen) atoms. The van der Waals surface area contributed by atoms with Gasteiger partial charge in [-0.3, -0.25) is 4.79 Å². The summed E-state index contributed by atoms with van der Waals surface area (Å²) in [5, 5.41) is 2.83. The maximum atomic E-state index is 11.4. The van der Waals surface area contributed by atoms with Crippen molar-refractivity contribution in [3.05, 3.63) is 11.9 Å². The van der Waals surface area contributed by atoms with E-state index in [2.05, 4.69) is 14.1 Å². The highest BCUT2D eigenvalue weighted by Crippen LogP contribution is 2.17. The van der Waals surface area contributed by atoms with Gasteiger partial charge in [-0.05, 0) is 12.8 Å². The Kier molecular flexibility index (Phi) is 2.24. The predicted molar refractivity (Wildman–Crippen MR) is 48.4 cm³/mol. The molecule has 0 bridgehead atoms. The molecule has 2 rings (SSSR count). The molecule has 1 aliphatic carbocycles. The lowest BCUT2D eigenvalue weighted by molar-refractivity contribution is 0.0906. The molecule has 0 radical (unpaired) electrons. The van der Waals surface area contributed by atoms with E-state index in [9.17, 15) is 4.79 Å². The highest BCUT2D eigenvalue weighted by Gasteiger charge is 2.27. The van der Waals surface area contributed by atoms with E-state index in [4.69, 9.17) is 5.73 Å². The summed E-state index contributed by atoms with van der Waals surface area (Å²) in [6, 6.07) is 0.475. The lowest BCUT2D eigenvalue weighted by Crippen LogP contribution is -2.50. The van der Waals surface area contributed by atoms with Crippen molar-refractivity contribution in [1.29, 1.82) is 0 Å². The molecule has 0 spiro atoms. The third-order valence-corrected chi connectivity index (χ3v) is 2.58. The van der Waals surface area contributed by atoms with Gasteiger partial charge in [-0.25, -0.2) is 0 Å². The van der Waals surface area contributed by atoms with Crippen molar-refractivity contribution in [2.45, 2.75) is 24.9 Å². The monoisotopic (exact) mass is 198 g/mol. The summed E-state index contributed by atoms with van der Waals surface area (Å²) in [6.45, 7) is 0. The van der Waals surface area contributed by atoms with Crippen molar-refractivity contribution in [2.24, 2.45) is 5.73 Å². The van der Waals surface area contributed by atoms with Crippen LogP contribution in [0.5, 0.6) is 0 Å². The van der Waals surface area contributed by atoms with E-state index in [1.165, 1.54) is 6.20 Å². The molecular formula is C7H10N4OS. The lowest BCUT2D eigenvalue weighted by atomic mass is 9.87. The fourth-order valence-corrected chi connectivity index (χ4v) is 1.72. The van der Waals surface area contributed by atoms with Crippen LogP contribution in [0, 0.1) is 0 Å². The summed E-state index contributed by atoms with van der Waals surface area (Å²) in [5.74, 6) is -0.148. The molecule has 1 saturated carbocycles. The number of nitrogens with one attached hydrogen (secondary N) is 1. The second-order valence-electron chi connectivity index (χ2n) is 3.19. The van der Waals surface area contributed by atoms with Gasteiger partial charge in [0.05, 0.1) is 17.9 Å². The van der Waals surface area contributed by atoms with Gasteiger partial charge in [-0.15, -0.1) is 0 Å². The van der Waals surface area contributed by atoms with Gasteiger partial charge < -0.3 is 11.1 Å². The van der Waals surface area contributed by atoms with Crippen LogP contribution in [0.25, 0.3) is 0 Å². The normalized spacial score (nSPS) is 26.5. The average molecular weight is 198 g/mol.